The first-order valence-electron chi connectivity index (χ1n) is 5.12. The van der Waals surface area contributed by atoms with E-state index in [1.807, 2.05) is 25.8 Å². The van der Waals surface area contributed by atoms with Crippen molar-refractivity contribution in [1.29, 1.82) is 0 Å². The zero-order valence-corrected chi connectivity index (χ0v) is 9.38. The van der Waals surface area contributed by atoms with Crippen LogP contribution in [0.3, 0.4) is 0 Å². The normalized spacial score (nSPS) is 12.2. The Labute approximate surface area is 82.0 Å². The molecule has 0 fully saturated rings. The maximum Gasteiger partial charge on any atom is 0.191 e. The second-order valence-corrected chi connectivity index (χ2v) is 3.71. The standard InChI is InChI=1S/C10H23N3/c1-5-6-7-8-13(4)10(11)12-9(2)3/h9H,5-8H2,1-4H3,(H2,11,12). The lowest BCUT2D eigenvalue weighted by atomic mass is 10.2. The second-order valence-electron chi connectivity index (χ2n) is 3.71. The van der Waals surface area contributed by atoms with Crippen molar-refractivity contribution in [3.63, 3.8) is 0 Å². The number of unbranched alkanes of at least 4 members (excludes halogenated alkanes) is 2. The molecule has 78 valence electrons. The van der Waals surface area contributed by atoms with Crippen LogP contribution < -0.4 is 5.73 Å². The van der Waals surface area contributed by atoms with Crippen molar-refractivity contribution in [2.24, 2.45) is 10.7 Å². The van der Waals surface area contributed by atoms with E-state index in [9.17, 15) is 0 Å². The summed E-state index contributed by atoms with van der Waals surface area (Å²) < 4.78 is 0. The van der Waals surface area contributed by atoms with Crippen LogP contribution in [-0.4, -0.2) is 30.5 Å². The van der Waals surface area contributed by atoms with Crippen molar-refractivity contribution >= 4 is 5.96 Å². The Morgan fingerprint density at radius 2 is 2.00 bits per heavy atom. The molecule has 0 saturated heterocycles. The van der Waals surface area contributed by atoms with E-state index in [0.717, 1.165) is 6.54 Å². The Kier molecular flexibility index (Phi) is 6.37. The van der Waals surface area contributed by atoms with Gasteiger partial charge in [0.25, 0.3) is 0 Å². The molecule has 0 aromatic rings. The van der Waals surface area contributed by atoms with Gasteiger partial charge < -0.3 is 10.6 Å². The summed E-state index contributed by atoms with van der Waals surface area (Å²) in [6, 6.07) is 0.286. The highest BCUT2D eigenvalue weighted by molar-refractivity contribution is 5.77. The van der Waals surface area contributed by atoms with Gasteiger partial charge in [-0.1, -0.05) is 19.8 Å². The molecule has 0 rings (SSSR count). The monoisotopic (exact) mass is 185 g/mol. The van der Waals surface area contributed by atoms with Crippen molar-refractivity contribution < 1.29 is 0 Å². The van der Waals surface area contributed by atoms with E-state index < -0.39 is 0 Å². The fourth-order valence-electron chi connectivity index (χ4n) is 1.08. The van der Waals surface area contributed by atoms with Crippen LogP contribution >= 0.6 is 0 Å². The molecule has 0 saturated carbocycles. The number of hydrogen-bond donors (Lipinski definition) is 1. The lowest BCUT2D eigenvalue weighted by Gasteiger charge is -2.18. The summed E-state index contributed by atoms with van der Waals surface area (Å²) in [4.78, 5) is 6.30. The lowest BCUT2D eigenvalue weighted by Crippen LogP contribution is -2.35. The molecule has 0 aliphatic rings. The van der Waals surface area contributed by atoms with Gasteiger partial charge in [-0.2, -0.15) is 0 Å². The molecule has 0 bridgehead atoms. The molecule has 0 unspecified atom stereocenters. The molecule has 0 aromatic heterocycles. The van der Waals surface area contributed by atoms with Crippen molar-refractivity contribution in [2.45, 2.75) is 46.1 Å². The maximum absolute atomic E-state index is 5.78. The van der Waals surface area contributed by atoms with E-state index in [0.29, 0.717) is 5.96 Å². The van der Waals surface area contributed by atoms with Crippen molar-refractivity contribution in [1.82, 2.24) is 4.90 Å². The summed E-state index contributed by atoms with van der Waals surface area (Å²) in [5.41, 5.74) is 5.78. The number of hydrogen-bond acceptors (Lipinski definition) is 1. The number of rotatable bonds is 5. The van der Waals surface area contributed by atoms with Gasteiger partial charge >= 0.3 is 0 Å². The molecule has 3 nitrogen and oxygen atoms in total. The van der Waals surface area contributed by atoms with Crippen LogP contribution in [-0.2, 0) is 0 Å². The van der Waals surface area contributed by atoms with Gasteiger partial charge in [-0.3, -0.25) is 4.99 Å². The predicted molar refractivity (Wildman–Crippen MR) is 58.9 cm³/mol. The third-order valence-electron chi connectivity index (χ3n) is 1.88. The fraction of sp³-hybridized carbons (Fsp3) is 0.900. The molecule has 0 heterocycles. The molecule has 0 spiro atoms. The summed E-state index contributed by atoms with van der Waals surface area (Å²) in [7, 11) is 2.00. The Bertz CT molecular complexity index is 152. The van der Waals surface area contributed by atoms with Crippen LogP contribution in [0.4, 0.5) is 0 Å². The first-order chi connectivity index (χ1) is 6.07. The van der Waals surface area contributed by atoms with Crippen molar-refractivity contribution in [3.05, 3.63) is 0 Å². The molecule has 0 amide bonds. The minimum atomic E-state index is 0.286. The second kappa shape index (κ2) is 6.75. The van der Waals surface area contributed by atoms with E-state index in [1.54, 1.807) is 0 Å². The molecule has 2 N–H and O–H groups in total. The maximum atomic E-state index is 5.78. The molecule has 0 atom stereocenters. The SMILES string of the molecule is CCCCCN(C)C(N)=NC(C)C. The summed E-state index contributed by atoms with van der Waals surface area (Å²) >= 11 is 0. The highest BCUT2D eigenvalue weighted by Gasteiger charge is 2.01. The lowest BCUT2D eigenvalue weighted by molar-refractivity contribution is 0.467. The molecular weight excluding hydrogens is 162 g/mol. The Balaban J connectivity index is 3.75. The average Bonchev–Trinajstić information content (AvgIpc) is 2.03. The van der Waals surface area contributed by atoms with E-state index in [1.165, 1.54) is 19.3 Å². The highest BCUT2D eigenvalue weighted by atomic mass is 15.2. The van der Waals surface area contributed by atoms with Crippen LogP contribution in [0.1, 0.15) is 40.0 Å². The average molecular weight is 185 g/mol. The van der Waals surface area contributed by atoms with E-state index >= 15 is 0 Å². The first kappa shape index (κ1) is 12.3. The Hall–Kier alpha value is -0.730. The number of aliphatic imine (C=N–C) groups is 1. The fourth-order valence-corrected chi connectivity index (χ4v) is 1.08. The van der Waals surface area contributed by atoms with Crippen LogP contribution in [0.25, 0.3) is 0 Å². The summed E-state index contributed by atoms with van der Waals surface area (Å²) in [6.45, 7) is 7.28. The topological polar surface area (TPSA) is 41.6 Å². The third-order valence-corrected chi connectivity index (χ3v) is 1.88. The van der Waals surface area contributed by atoms with Gasteiger partial charge in [0.2, 0.25) is 0 Å². The summed E-state index contributed by atoms with van der Waals surface area (Å²) in [5, 5.41) is 0. The minimum Gasteiger partial charge on any atom is -0.370 e. The van der Waals surface area contributed by atoms with Gasteiger partial charge in [0.1, 0.15) is 0 Å². The Morgan fingerprint density at radius 3 is 2.46 bits per heavy atom. The van der Waals surface area contributed by atoms with E-state index in [-0.39, 0.29) is 6.04 Å². The van der Waals surface area contributed by atoms with Crippen molar-refractivity contribution in [3.8, 4) is 0 Å². The first-order valence-corrected chi connectivity index (χ1v) is 5.12. The number of guanidine groups is 1. The van der Waals surface area contributed by atoms with E-state index in [2.05, 4.69) is 11.9 Å². The third kappa shape index (κ3) is 6.43. The van der Waals surface area contributed by atoms with Crippen LogP contribution in [0.15, 0.2) is 4.99 Å². The molecule has 3 heteroatoms. The molecule has 13 heavy (non-hydrogen) atoms. The molecule has 0 aliphatic carbocycles. The number of nitrogens with two attached hydrogens (primary N) is 1. The van der Waals surface area contributed by atoms with Crippen LogP contribution in [0.5, 0.6) is 0 Å². The van der Waals surface area contributed by atoms with E-state index in [4.69, 9.17) is 5.73 Å². The largest absolute Gasteiger partial charge is 0.370 e. The van der Waals surface area contributed by atoms with Crippen LogP contribution in [0, 0.1) is 0 Å². The zero-order valence-electron chi connectivity index (χ0n) is 9.38. The Morgan fingerprint density at radius 1 is 1.38 bits per heavy atom. The molecule has 0 aliphatic heterocycles. The minimum absolute atomic E-state index is 0.286. The van der Waals surface area contributed by atoms with Gasteiger partial charge in [0.15, 0.2) is 5.96 Å². The molecular formula is C10H23N3. The predicted octanol–water partition coefficient (Wildman–Crippen LogP) is 1.83. The van der Waals surface area contributed by atoms with Gasteiger partial charge in [-0.15, -0.1) is 0 Å². The van der Waals surface area contributed by atoms with Gasteiger partial charge in [-0.25, -0.2) is 0 Å². The molecule has 0 aromatic carbocycles. The van der Waals surface area contributed by atoms with Gasteiger partial charge in [-0.05, 0) is 20.3 Å². The smallest absolute Gasteiger partial charge is 0.191 e. The number of nitrogens with zero attached hydrogens (tertiary/aromatic N) is 2. The molecule has 0 radical (unpaired) electrons. The quantitative estimate of drug-likeness (QED) is 0.403. The summed E-state index contributed by atoms with van der Waals surface area (Å²) in [5.74, 6) is 0.658. The van der Waals surface area contributed by atoms with Crippen LogP contribution in [0.2, 0.25) is 0 Å². The van der Waals surface area contributed by atoms with Gasteiger partial charge in [0, 0.05) is 19.6 Å². The van der Waals surface area contributed by atoms with Crippen molar-refractivity contribution in [2.75, 3.05) is 13.6 Å². The van der Waals surface area contributed by atoms with Gasteiger partial charge in [0.05, 0.1) is 0 Å². The highest BCUT2D eigenvalue weighted by Crippen LogP contribution is 1.96. The summed E-state index contributed by atoms with van der Waals surface area (Å²) in [6.07, 6.45) is 3.70. The zero-order chi connectivity index (χ0) is 10.3.